The third-order valence-electron chi connectivity index (χ3n) is 3.54. The first-order valence-electron chi connectivity index (χ1n) is 7.27. The second-order valence-corrected chi connectivity index (χ2v) is 6.91. The molecule has 0 aliphatic carbocycles. The van der Waals surface area contributed by atoms with Gasteiger partial charge in [0.1, 0.15) is 0 Å². The highest BCUT2D eigenvalue weighted by molar-refractivity contribution is 7.11. The topological polar surface area (TPSA) is 24.9 Å². The number of nitrogens with zero attached hydrogens (tertiary/aromatic N) is 1. The molecule has 0 radical (unpaired) electrons. The van der Waals surface area contributed by atoms with Crippen LogP contribution in [0.5, 0.6) is 0 Å². The maximum absolute atomic E-state index is 4.69. The van der Waals surface area contributed by atoms with Crippen LogP contribution in [0, 0.1) is 13.8 Å². The average Bonchev–Trinajstić information content (AvgIpc) is 2.74. The number of hydrogen-bond acceptors (Lipinski definition) is 3. The Balaban J connectivity index is 2.14. The summed E-state index contributed by atoms with van der Waals surface area (Å²) in [6, 6.07) is 11.3. The van der Waals surface area contributed by atoms with Gasteiger partial charge in [-0.05, 0) is 19.4 Å². The average molecular weight is 288 g/mol. The number of aromatic nitrogens is 1. The van der Waals surface area contributed by atoms with E-state index in [0.29, 0.717) is 12.0 Å². The molecule has 2 rings (SSSR count). The van der Waals surface area contributed by atoms with Crippen molar-refractivity contribution in [1.29, 1.82) is 0 Å². The molecule has 1 aromatic carbocycles. The van der Waals surface area contributed by atoms with Crippen LogP contribution in [0.25, 0.3) is 0 Å². The van der Waals surface area contributed by atoms with Crippen molar-refractivity contribution in [2.75, 3.05) is 6.54 Å². The van der Waals surface area contributed by atoms with Crippen LogP contribution in [0.2, 0.25) is 0 Å². The number of benzene rings is 1. The molecule has 0 aliphatic rings. The summed E-state index contributed by atoms with van der Waals surface area (Å²) in [6.45, 7) is 9.64. The summed E-state index contributed by atoms with van der Waals surface area (Å²) in [5.41, 5.74) is 2.57. The summed E-state index contributed by atoms with van der Waals surface area (Å²) in [6.07, 6.45) is 1.02. The van der Waals surface area contributed by atoms with Crippen molar-refractivity contribution >= 4 is 11.3 Å². The van der Waals surface area contributed by atoms with E-state index in [0.717, 1.165) is 13.0 Å². The van der Waals surface area contributed by atoms with Gasteiger partial charge in [0.15, 0.2) is 0 Å². The highest BCUT2D eigenvalue weighted by Gasteiger charge is 2.15. The molecule has 20 heavy (non-hydrogen) atoms. The SMILES string of the molecule is Cc1nc(CC(CNC(C)C)c2ccccc2)sc1C. The van der Waals surface area contributed by atoms with Crippen LogP contribution in [0.15, 0.2) is 30.3 Å². The molecule has 2 nitrogen and oxygen atoms in total. The summed E-state index contributed by atoms with van der Waals surface area (Å²) in [5, 5.41) is 4.81. The molecule has 1 atom stereocenters. The Hall–Kier alpha value is -1.19. The van der Waals surface area contributed by atoms with Crippen molar-refractivity contribution < 1.29 is 0 Å². The van der Waals surface area contributed by atoms with Gasteiger partial charge < -0.3 is 5.32 Å². The van der Waals surface area contributed by atoms with Crippen molar-refractivity contribution in [2.24, 2.45) is 0 Å². The molecule has 0 fully saturated rings. The fraction of sp³-hybridized carbons (Fsp3) is 0.471. The van der Waals surface area contributed by atoms with Gasteiger partial charge in [0.05, 0.1) is 10.7 Å². The van der Waals surface area contributed by atoms with E-state index in [2.05, 4.69) is 63.3 Å². The summed E-state index contributed by atoms with van der Waals surface area (Å²) >= 11 is 1.83. The van der Waals surface area contributed by atoms with E-state index >= 15 is 0 Å². The maximum Gasteiger partial charge on any atom is 0.0937 e. The van der Waals surface area contributed by atoms with Gasteiger partial charge >= 0.3 is 0 Å². The fourth-order valence-electron chi connectivity index (χ4n) is 2.25. The summed E-state index contributed by atoms with van der Waals surface area (Å²) in [7, 11) is 0. The van der Waals surface area contributed by atoms with Crippen LogP contribution in [-0.4, -0.2) is 17.6 Å². The van der Waals surface area contributed by atoms with Gasteiger partial charge in [-0.25, -0.2) is 4.98 Å². The highest BCUT2D eigenvalue weighted by Crippen LogP contribution is 2.24. The summed E-state index contributed by atoms with van der Waals surface area (Å²) < 4.78 is 0. The molecule has 108 valence electrons. The molecule has 0 saturated carbocycles. The second-order valence-electron chi connectivity index (χ2n) is 5.62. The van der Waals surface area contributed by atoms with E-state index in [1.807, 2.05) is 11.3 Å². The monoisotopic (exact) mass is 288 g/mol. The first-order valence-corrected chi connectivity index (χ1v) is 8.09. The van der Waals surface area contributed by atoms with Crippen LogP contribution < -0.4 is 5.32 Å². The molecular weight excluding hydrogens is 264 g/mol. The van der Waals surface area contributed by atoms with Crippen molar-refractivity contribution in [3.63, 3.8) is 0 Å². The number of thiazole rings is 1. The van der Waals surface area contributed by atoms with E-state index in [1.165, 1.54) is 21.1 Å². The fourth-order valence-corrected chi connectivity index (χ4v) is 3.26. The Morgan fingerprint density at radius 2 is 1.85 bits per heavy atom. The number of hydrogen-bond donors (Lipinski definition) is 1. The van der Waals surface area contributed by atoms with Crippen LogP contribution in [-0.2, 0) is 6.42 Å². The Labute approximate surface area is 126 Å². The van der Waals surface area contributed by atoms with Gasteiger partial charge in [-0.15, -0.1) is 11.3 Å². The zero-order valence-corrected chi connectivity index (χ0v) is 13.6. The van der Waals surface area contributed by atoms with Crippen LogP contribution in [0.3, 0.4) is 0 Å². The molecule has 0 saturated heterocycles. The van der Waals surface area contributed by atoms with Crippen molar-refractivity contribution in [1.82, 2.24) is 10.3 Å². The Morgan fingerprint density at radius 1 is 1.15 bits per heavy atom. The lowest BCUT2D eigenvalue weighted by Gasteiger charge is -2.18. The van der Waals surface area contributed by atoms with Gasteiger partial charge in [-0.3, -0.25) is 0 Å². The predicted octanol–water partition coefficient (Wildman–Crippen LogP) is 4.08. The first kappa shape index (κ1) is 15.2. The van der Waals surface area contributed by atoms with Gasteiger partial charge in [-0.2, -0.15) is 0 Å². The molecule has 2 aromatic rings. The van der Waals surface area contributed by atoms with Gasteiger partial charge in [-0.1, -0.05) is 44.2 Å². The van der Waals surface area contributed by atoms with Gasteiger partial charge in [0.2, 0.25) is 0 Å². The largest absolute Gasteiger partial charge is 0.314 e. The molecular formula is C17H24N2S. The summed E-state index contributed by atoms with van der Waals surface area (Å²) in [4.78, 5) is 6.03. The van der Waals surface area contributed by atoms with Crippen molar-refractivity contribution in [3.8, 4) is 0 Å². The van der Waals surface area contributed by atoms with E-state index < -0.39 is 0 Å². The molecule has 0 aliphatic heterocycles. The second kappa shape index (κ2) is 7.00. The smallest absolute Gasteiger partial charge is 0.0937 e. The van der Waals surface area contributed by atoms with Crippen molar-refractivity contribution in [3.05, 3.63) is 51.5 Å². The standard InChI is InChI=1S/C17H24N2S/c1-12(2)18-11-16(15-8-6-5-7-9-15)10-17-19-13(3)14(4)20-17/h5-9,12,16,18H,10-11H2,1-4H3. The number of aryl methyl sites for hydroxylation is 2. The lowest BCUT2D eigenvalue weighted by atomic mass is 9.95. The number of nitrogens with one attached hydrogen (secondary N) is 1. The summed E-state index contributed by atoms with van der Waals surface area (Å²) in [5.74, 6) is 0.489. The minimum Gasteiger partial charge on any atom is -0.314 e. The molecule has 3 heteroatoms. The zero-order chi connectivity index (χ0) is 14.5. The third-order valence-corrected chi connectivity index (χ3v) is 4.63. The molecule has 1 heterocycles. The number of rotatable bonds is 6. The lowest BCUT2D eigenvalue weighted by molar-refractivity contribution is 0.526. The van der Waals surface area contributed by atoms with E-state index in [1.54, 1.807) is 0 Å². The van der Waals surface area contributed by atoms with E-state index in [4.69, 9.17) is 4.98 Å². The zero-order valence-electron chi connectivity index (χ0n) is 12.8. The highest BCUT2D eigenvalue weighted by atomic mass is 32.1. The quantitative estimate of drug-likeness (QED) is 0.866. The maximum atomic E-state index is 4.69. The Bertz CT molecular complexity index is 512. The normalized spacial score (nSPS) is 12.8. The van der Waals surface area contributed by atoms with Crippen LogP contribution in [0.1, 0.15) is 40.9 Å². The van der Waals surface area contributed by atoms with E-state index in [-0.39, 0.29) is 0 Å². The van der Waals surface area contributed by atoms with E-state index in [9.17, 15) is 0 Å². The van der Waals surface area contributed by atoms with Crippen molar-refractivity contribution in [2.45, 2.75) is 46.1 Å². The molecule has 0 spiro atoms. The molecule has 1 aromatic heterocycles. The predicted molar refractivity (Wildman–Crippen MR) is 87.6 cm³/mol. The van der Waals surface area contributed by atoms with Gasteiger partial charge in [0.25, 0.3) is 0 Å². The van der Waals surface area contributed by atoms with Crippen LogP contribution in [0.4, 0.5) is 0 Å². The van der Waals surface area contributed by atoms with Gasteiger partial charge in [0, 0.05) is 29.8 Å². The minimum atomic E-state index is 0.489. The molecule has 0 amide bonds. The van der Waals surface area contributed by atoms with Crippen LogP contribution >= 0.6 is 11.3 Å². The minimum absolute atomic E-state index is 0.489. The first-order chi connectivity index (χ1) is 9.56. The Morgan fingerprint density at radius 3 is 2.40 bits per heavy atom. The Kier molecular flexibility index (Phi) is 5.32. The molecule has 0 bridgehead atoms. The molecule has 1 N–H and O–H groups in total. The lowest BCUT2D eigenvalue weighted by Crippen LogP contribution is -2.28. The molecule has 1 unspecified atom stereocenters. The third kappa shape index (κ3) is 4.15.